The largest absolute Gasteiger partial charge is 0.456 e. The first-order chi connectivity index (χ1) is 34.2. The Morgan fingerprint density at radius 2 is 0.797 bits per heavy atom. The maximum absolute atomic E-state index is 6.95. The van der Waals surface area contributed by atoms with Gasteiger partial charge in [-0.2, -0.15) is 0 Å². The third-order valence-electron chi connectivity index (χ3n) is 13.0. The molecule has 0 aliphatic carbocycles. The molecule has 0 N–H and O–H groups in total. The molecule has 13 rings (SSSR count). The molecule has 6 heteroatoms. The molecule has 10 aromatic carbocycles. The molecule has 0 amide bonds. The van der Waals surface area contributed by atoms with Crippen LogP contribution in [0.4, 0.5) is 17.1 Å². The summed E-state index contributed by atoms with van der Waals surface area (Å²) in [5, 5.41) is 4.52. The van der Waals surface area contributed by atoms with E-state index < -0.39 is 0 Å². The fourth-order valence-electron chi connectivity index (χ4n) is 9.82. The van der Waals surface area contributed by atoms with Gasteiger partial charge in [-0.3, -0.25) is 0 Å². The van der Waals surface area contributed by atoms with Crippen molar-refractivity contribution in [2.45, 2.75) is 0 Å². The van der Waals surface area contributed by atoms with Crippen LogP contribution >= 0.6 is 0 Å². The van der Waals surface area contributed by atoms with Crippen LogP contribution in [0.5, 0.6) is 0 Å². The monoisotopic (exact) mass is 883 g/mol. The minimum absolute atomic E-state index is 0.582. The summed E-state index contributed by atoms with van der Waals surface area (Å²) in [6.07, 6.45) is 0. The molecular weight excluding hydrogens is 843 g/mol. The highest BCUT2D eigenvalue weighted by atomic mass is 16.3. The molecule has 0 saturated heterocycles. The van der Waals surface area contributed by atoms with Crippen molar-refractivity contribution in [3.05, 3.63) is 249 Å². The Kier molecular flexibility index (Phi) is 9.72. The van der Waals surface area contributed by atoms with E-state index in [1.54, 1.807) is 0 Å². The zero-order valence-electron chi connectivity index (χ0n) is 37.3. The standard InChI is InChI=1S/C63H41N5O/c1-7-21-42(22-8-1)52-37-46(63-65-61(44-25-11-3-12-26-44)64-62(66-63)45-27-13-4-14-28-45)38-53(43-23-9-2-10-24-43)60(52)67(47-29-15-5-16-30-47)49-35-36-51-55-40-54-50-33-19-20-34-56(50)68(48-31-17-6-18-32-48)57(54)41-59(55)69-58(51)39-49/h1-41H. The Bertz CT molecular complexity index is 3870. The Morgan fingerprint density at radius 1 is 0.319 bits per heavy atom. The molecule has 0 radical (unpaired) electrons. The summed E-state index contributed by atoms with van der Waals surface area (Å²) in [5.41, 5.74) is 14.8. The molecule has 13 aromatic rings. The second kappa shape index (κ2) is 16.8. The molecule has 3 heterocycles. The lowest BCUT2D eigenvalue weighted by Gasteiger charge is -2.31. The van der Waals surface area contributed by atoms with Crippen LogP contribution in [0.3, 0.4) is 0 Å². The smallest absolute Gasteiger partial charge is 0.164 e. The molecular formula is C63H41N5O. The molecule has 0 atom stereocenters. The summed E-state index contributed by atoms with van der Waals surface area (Å²) in [7, 11) is 0. The number of hydrogen-bond donors (Lipinski definition) is 0. The number of furan rings is 1. The number of anilines is 3. The van der Waals surface area contributed by atoms with Gasteiger partial charge in [-0.05, 0) is 71.8 Å². The highest BCUT2D eigenvalue weighted by Crippen LogP contribution is 2.49. The number of nitrogens with zero attached hydrogens (tertiary/aromatic N) is 5. The van der Waals surface area contributed by atoms with E-state index in [1.165, 1.54) is 10.8 Å². The quantitative estimate of drug-likeness (QED) is 0.145. The normalized spacial score (nSPS) is 11.5. The van der Waals surface area contributed by atoms with E-state index in [0.29, 0.717) is 17.5 Å². The minimum atomic E-state index is 0.582. The summed E-state index contributed by atoms with van der Waals surface area (Å²) in [5.74, 6) is 1.80. The van der Waals surface area contributed by atoms with Crippen molar-refractivity contribution >= 4 is 60.8 Å². The van der Waals surface area contributed by atoms with Gasteiger partial charge >= 0.3 is 0 Å². The Morgan fingerprint density at radius 3 is 1.38 bits per heavy atom. The molecule has 3 aromatic heterocycles. The summed E-state index contributed by atoms with van der Waals surface area (Å²) in [6, 6.07) is 86.9. The van der Waals surface area contributed by atoms with Gasteiger partial charge in [0, 0.05) is 78.6 Å². The van der Waals surface area contributed by atoms with Crippen LogP contribution < -0.4 is 4.90 Å². The minimum Gasteiger partial charge on any atom is -0.456 e. The van der Waals surface area contributed by atoms with Crippen LogP contribution in [0.25, 0.3) is 106 Å². The molecule has 0 fully saturated rings. The third kappa shape index (κ3) is 7.10. The Hall–Kier alpha value is -9.39. The van der Waals surface area contributed by atoms with Crippen LogP contribution in [-0.4, -0.2) is 19.5 Å². The summed E-state index contributed by atoms with van der Waals surface area (Å²) >= 11 is 0. The molecule has 0 saturated carbocycles. The van der Waals surface area contributed by atoms with Gasteiger partial charge in [0.25, 0.3) is 0 Å². The molecule has 0 aliphatic heterocycles. The predicted octanol–water partition coefficient (Wildman–Crippen LogP) is 16.7. The van der Waals surface area contributed by atoms with Crippen LogP contribution in [0.15, 0.2) is 253 Å². The SMILES string of the molecule is c1ccc(-c2nc(-c3ccccc3)nc(-c3cc(-c4ccccc4)c(N(c4ccccc4)c4ccc5c(c4)oc4cc6c(cc45)c4ccccc4n6-c4ccccc4)c(-c4ccccc4)c3)n2)cc1. The molecule has 0 bridgehead atoms. The lowest BCUT2D eigenvalue weighted by molar-refractivity contribution is 0.669. The number of fused-ring (bicyclic) bond motifs is 6. The first-order valence-corrected chi connectivity index (χ1v) is 23.2. The van der Waals surface area contributed by atoms with Crippen LogP contribution in [0.1, 0.15) is 0 Å². The van der Waals surface area contributed by atoms with E-state index in [4.69, 9.17) is 19.4 Å². The van der Waals surface area contributed by atoms with Crippen molar-refractivity contribution in [2.75, 3.05) is 4.90 Å². The second-order valence-electron chi connectivity index (χ2n) is 17.2. The Balaban J connectivity index is 1.06. The zero-order valence-corrected chi connectivity index (χ0v) is 37.3. The maximum Gasteiger partial charge on any atom is 0.164 e. The van der Waals surface area contributed by atoms with Gasteiger partial charge in [0.2, 0.25) is 0 Å². The van der Waals surface area contributed by atoms with Crippen molar-refractivity contribution in [3.63, 3.8) is 0 Å². The van der Waals surface area contributed by atoms with Crippen LogP contribution in [0.2, 0.25) is 0 Å². The van der Waals surface area contributed by atoms with Gasteiger partial charge in [0.1, 0.15) is 11.2 Å². The topological polar surface area (TPSA) is 60.0 Å². The van der Waals surface area contributed by atoms with E-state index in [0.717, 1.165) is 94.7 Å². The number of hydrogen-bond acceptors (Lipinski definition) is 5. The van der Waals surface area contributed by atoms with E-state index in [-0.39, 0.29) is 0 Å². The van der Waals surface area contributed by atoms with Crippen molar-refractivity contribution in [1.82, 2.24) is 19.5 Å². The van der Waals surface area contributed by atoms with Crippen molar-refractivity contribution < 1.29 is 4.42 Å². The van der Waals surface area contributed by atoms with E-state index in [2.05, 4.69) is 198 Å². The van der Waals surface area contributed by atoms with E-state index in [1.807, 2.05) is 60.7 Å². The first-order valence-electron chi connectivity index (χ1n) is 23.2. The van der Waals surface area contributed by atoms with Gasteiger partial charge in [0.15, 0.2) is 17.5 Å². The van der Waals surface area contributed by atoms with E-state index in [9.17, 15) is 0 Å². The van der Waals surface area contributed by atoms with Gasteiger partial charge in [-0.15, -0.1) is 0 Å². The van der Waals surface area contributed by atoms with Gasteiger partial charge in [0.05, 0.1) is 16.7 Å². The number of rotatable bonds is 9. The van der Waals surface area contributed by atoms with Crippen LogP contribution in [-0.2, 0) is 0 Å². The number of aromatic nitrogens is 4. The average Bonchev–Trinajstić information content (AvgIpc) is 3.95. The van der Waals surface area contributed by atoms with E-state index >= 15 is 0 Å². The number of para-hydroxylation sites is 3. The Labute approximate surface area is 398 Å². The zero-order chi connectivity index (χ0) is 45.7. The molecule has 69 heavy (non-hydrogen) atoms. The summed E-state index contributed by atoms with van der Waals surface area (Å²) < 4.78 is 9.28. The lowest BCUT2D eigenvalue weighted by Crippen LogP contribution is -2.13. The summed E-state index contributed by atoms with van der Waals surface area (Å²) in [4.78, 5) is 17.8. The lowest BCUT2D eigenvalue weighted by atomic mass is 9.91. The van der Waals surface area contributed by atoms with Gasteiger partial charge in [-0.1, -0.05) is 176 Å². The van der Waals surface area contributed by atoms with Crippen molar-refractivity contribution in [1.29, 1.82) is 0 Å². The highest BCUT2D eigenvalue weighted by molar-refractivity contribution is 6.18. The highest BCUT2D eigenvalue weighted by Gasteiger charge is 2.26. The van der Waals surface area contributed by atoms with Crippen LogP contribution in [0, 0.1) is 0 Å². The molecule has 0 unspecified atom stereocenters. The second-order valence-corrected chi connectivity index (χ2v) is 17.2. The molecule has 324 valence electrons. The fraction of sp³-hybridized carbons (Fsp3) is 0. The fourth-order valence-corrected chi connectivity index (χ4v) is 9.82. The predicted molar refractivity (Wildman–Crippen MR) is 283 cm³/mol. The number of benzene rings is 10. The van der Waals surface area contributed by atoms with Gasteiger partial charge < -0.3 is 13.9 Å². The van der Waals surface area contributed by atoms with Crippen molar-refractivity contribution in [3.8, 4) is 62.1 Å². The van der Waals surface area contributed by atoms with Crippen molar-refractivity contribution in [2.24, 2.45) is 0 Å². The molecule has 0 spiro atoms. The molecule has 0 aliphatic rings. The first kappa shape index (κ1) is 39.9. The third-order valence-corrected chi connectivity index (χ3v) is 13.0. The average molecular weight is 884 g/mol. The van der Waals surface area contributed by atoms with Gasteiger partial charge in [-0.25, -0.2) is 15.0 Å². The molecule has 6 nitrogen and oxygen atoms in total. The summed E-state index contributed by atoms with van der Waals surface area (Å²) in [6.45, 7) is 0. The maximum atomic E-state index is 6.95.